The van der Waals surface area contributed by atoms with Crippen LogP contribution < -0.4 is 0 Å². The van der Waals surface area contributed by atoms with E-state index in [2.05, 4.69) is 21.7 Å². The maximum Gasteiger partial charge on any atom is 0.248 e. The number of likely N-dealkylation sites (tertiary alicyclic amines) is 2. The number of nitrogens with zero attached hydrogens (tertiary/aromatic N) is 4. The van der Waals surface area contributed by atoms with Gasteiger partial charge in [-0.15, -0.1) is 0 Å². The maximum absolute atomic E-state index is 12.4. The second-order valence-corrected chi connectivity index (χ2v) is 8.29. The van der Waals surface area contributed by atoms with Crippen molar-refractivity contribution in [2.24, 2.45) is 0 Å². The van der Waals surface area contributed by atoms with E-state index in [-0.39, 0.29) is 18.1 Å². The molecule has 0 aromatic carbocycles. The summed E-state index contributed by atoms with van der Waals surface area (Å²) in [4.78, 5) is 22.2. The molecule has 0 radical (unpaired) electrons. The van der Waals surface area contributed by atoms with Crippen LogP contribution in [0.5, 0.6) is 0 Å². The fourth-order valence-electron chi connectivity index (χ4n) is 5.21. The number of amides is 1. The lowest BCUT2D eigenvalue weighted by atomic mass is 9.80. The molecule has 7 nitrogen and oxygen atoms in total. The normalized spacial score (nSPS) is 31.8. The number of piperazine rings is 1. The second kappa shape index (κ2) is 7.12. The average molecular weight is 352 g/mol. The molecule has 0 unspecified atom stereocenters. The second-order valence-electron chi connectivity index (χ2n) is 8.29. The number of morpholine rings is 1. The van der Waals surface area contributed by atoms with Crippen LogP contribution in [0, 0.1) is 0 Å². The smallest absolute Gasteiger partial charge is 0.248 e. The number of carbonyl (C=O) groups excluding carboxylic acids is 1. The zero-order chi connectivity index (χ0) is 17.4. The van der Waals surface area contributed by atoms with Crippen LogP contribution in [0.3, 0.4) is 0 Å². The minimum atomic E-state index is 0.116. The third kappa shape index (κ3) is 3.32. The summed E-state index contributed by atoms with van der Waals surface area (Å²) >= 11 is 0. The summed E-state index contributed by atoms with van der Waals surface area (Å²) < 4.78 is 10.8. The number of piperidine rings is 1. The highest BCUT2D eigenvalue weighted by Gasteiger charge is 2.55. The van der Waals surface area contributed by atoms with E-state index < -0.39 is 0 Å². The molecule has 142 valence electrons. The summed E-state index contributed by atoms with van der Waals surface area (Å²) in [5, 5.41) is 0. The van der Waals surface area contributed by atoms with Gasteiger partial charge in [0.15, 0.2) is 0 Å². The zero-order valence-electron chi connectivity index (χ0n) is 15.7. The summed E-state index contributed by atoms with van der Waals surface area (Å²) in [6.45, 7) is 8.95. The van der Waals surface area contributed by atoms with Gasteiger partial charge in [-0.25, -0.2) is 0 Å². The molecule has 1 spiro atoms. The van der Waals surface area contributed by atoms with Gasteiger partial charge < -0.3 is 19.3 Å². The van der Waals surface area contributed by atoms with Crippen molar-refractivity contribution in [2.45, 2.75) is 30.5 Å². The van der Waals surface area contributed by atoms with Gasteiger partial charge in [-0.2, -0.15) is 0 Å². The van der Waals surface area contributed by atoms with Crippen molar-refractivity contribution in [3.8, 4) is 0 Å². The maximum atomic E-state index is 12.4. The number of carbonyl (C=O) groups is 1. The Balaban J connectivity index is 1.44. The molecule has 4 rings (SSSR count). The van der Waals surface area contributed by atoms with Crippen molar-refractivity contribution in [3.05, 3.63) is 0 Å². The summed E-state index contributed by atoms with van der Waals surface area (Å²) in [6.07, 6.45) is 2.54. The fourth-order valence-corrected chi connectivity index (χ4v) is 5.21. The van der Waals surface area contributed by atoms with Gasteiger partial charge in [0.1, 0.15) is 6.61 Å². The fraction of sp³-hybridized carbons (Fsp3) is 0.944. The van der Waals surface area contributed by atoms with Crippen molar-refractivity contribution in [2.75, 3.05) is 79.8 Å². The number of methoxy groups -OCH3 is 1. The van der Waals surface area contributed by atoms with Crippen molar-refractivity contribution in [3.63, 3.8) is 0 Å². The Bertz CT molecular complexity index is 489. The molecule has 4 aliphatic heterocycles. The van der Waals surface area contributed by atoms with Crippen LogP contribution in [0.2, 0.25) is 0 Å². The van der Waals surface area contributed by atoms with Gasteiger partial charge in [0.2, 0.25) is 5.91 Å². The molecule has 7 heteroatoms. The SMILES string of the molecule is COCC(=O)N1C[C@@H]2COCCN2C2(C1)CN(C1CCN(C)CC1)C2. The Kier molecular flexibility index (Phi) is 5.03. The largest absolute Gasteiger partial charge is 0.378 e. The molecule has 0 aliphatic carbocycles. The zero-order valence-corrected chi connectivity index (χ0v) is 15.7. The lowest BCUT2D eigenvalue weighted by Gasteiger charge is -2.65. The molecule has 1 atom stereocenters. The van der Waals surface area contributed by atoms with E-state index in [1.165, 1.54) is 25.9 Å². The topological polar surface area (TPSA) is 48.5 Å². The number of hydrogen-bond acceptors (Lipinski definition) is 6. The Hall–Kier alpha value is -0.730. The van der Waals surface area contributed by atoms with Gasteiger partial charge >= 0.3 is 0 Å². The van der Waals surface area contributed by atoms with Crippen LogP contribution in [0.25, 0.3) is 0 Å². The van der Waals surface area contributed by atoms with Crippen molar-refractivity contribution >= 4 is 5.91 Å². The Labute approximate surface area is 150 Å². The molecule has 4 heterocycles. The highest BCUT2D eigenvalue weighted by molar-refractivity contribution is 5.77. The first-order chi connectivity index (χ1) is 12.1. The molecule has 0 N–H and O–H groups in total. The van der Waals surface area contributed by atoms with Crippen LogP contribution in [0.4, 0.5) is 0 Å². The van der Waals surface area contributed by atoms with Crippen LogP contribution >= 0.6 is 0 Å². The van der Waals surface area contributed by atoms with Gasteiger partial charge in [-0.3, -0.25) is 14.6 Å². The first-order valence-corrected chi connectivity index (χ1v) is 9.65. The molecule has 25 heavy (non-hydrogen) atoms. The van der Waals surface area contributed by atoms with E-state index in [1.54, 1.807) is 7.11 Å². The Morgan fingerprint density at radius 2 is 1.92 bits per heavy atom. The summed E-state index contributed by atoms with van der Waals surface area (Å²) in [5.74, 6) is 0.116. The number of rotatable bonds is 3. The van der Waals surface area contributed by atoms with Gasteiger partial charge in [-0.05, 0) is 33.0 Å². The monoisotopic (exact) mass is 352 g/mol. The lowest BCUT2D eigenvalue weighted by molar-refractivity contribution is -0.183. The van der Waals surface area contributed by atoms with Gasteiger partial charge in [-0.1, -0.05) is 0 Å². The van der Waals surface area contributed by atoms with Crippen LogP contribution in [-0.2, 0) is 14.3 Å². The molecule has 1 amide bonds. The molecule has 4 fully saturated rings. The molecular formula is C18H32N4O3. The number of hydrogen-bond donors (Lipinski definition) is 0. The van der Waals surface area contributed by atoms with Gasteiger partial charge in [0.25, 0.3) is 0 Å². The van der Waals surface area contributed by atoms with E-state index in [1.807, 2.05) is 4.90 Å². The van der Waals surface area contributed by atoms with Crippen LogP contribution in [0.15, 0.2) is 0 Å². The molecule has 4 saturated heterocycles. The summed E-state index contributed by atoms with van der Waals surface area (Å²) in [5.41, 5.74) is 0.124. The minimum absolute atomic E-state index is 0.116. The number of ether oxygens (including phenoxy) is 2. The van der Waals surface area contributed by atoms with Crippen LogP contribution in [-0.4, -0.2) is 123 Å². The predicted molar refractivity (Wildman–Crippen MR) is 94.6 cm³/mol. The molecule has 0 bridgehead atoms. The quantitative estimate of drug-likeness (QED) is 0.671. The highest BCUT2D eigenvalue weighted by atomic mass is 16.5. The number of fused-ring (bicyclic) bond motifs is 2. The first-order valence-electron chi connectivity index (χ1n) is 9.65. The van der Waals surface area contributed by atoms with E-state index in [9.17, 15) is 4.79 Å². The molecule has 0 aromatic rings. The first kappa shape index (κ1) is 17.7. The molecule has 0 saturated carbocycles. The molecule has 0 aromatic heterocycles. The van der Waals surface area contributed by atoms with E-state index in [0.29, 0.717) is 12.1 Å². The summed E-state index contributed by atoms with van der Waals surface area (Å²) in [6, 6.07) is 1.05. The van der Waals surface area contributed by atoms with E-state index >= 15 is 0 Å². The van der Waals surface area contributed by atoms with Crippen molar-refractivity contribution < 1.29 is 14.3 Å². The molecule has 4 aliphatic rings. The van der Waals surface area contributed by atoms with Crippen molar-refractivity contribution in [1.82, 2.24) is 19.6 Å². The standard InChI is InChI=1S/C18H32N4O3/c1-19-5-3-15(4-6-19)21-13-18(14-21)12-20(17(23)11-24-2)9-16-10-25-8-7-22(16)18/h15-16H,3-14H2,1-2H3/t16-/m1/s1. The average Bonchev–Trinajstić information content (AvgIpc) is 2.60. The Morgan fingerprint density at radius 1 is 1.16 bits per heavy atom. The third-order valence-corrected chi connectivity index (χ3v) is 6.57. The minimum Gasteiger partial charge on any atom is -0.378 e. The Morgan fingerprint density at radius 3 is 2.64 bits per heavy atom. The van der Waals surface area contributed by atoms with Crippen molar-refractivity contribution in [1.29, 1.82) is 0 Å². The summed E-state index contributed by atoms with van der Waals surface area (Å²) in [7, 11) is 3.81. The third-order valence-electron chi connectivity index (χ3n) is 6.57. The van der Waals surface area contributed by atoms with Gasteiger partial charge in [0.05, 0.1) is 24.8 Å². The van der Waals surface area contributed by atoms with E-state index in [0.717, 1.165) is 45.9 Å². The highest BCUT2D eigenvalue weighted by Crippen LogP contribution is 2.38. The van der Waals surface area contributed by atoms with Gasteiger partial charge in [0, 0.05) is 45.9 Å². The van der Waals surface area contributed by atoms with E-state index in [4.69, 9.17) is 9.47 Å². The van der Waals surface area contributed by atoms with Crippen LogP contribution in [0.1, 0.15) is 12.8 Å². The predicted octanol–water partition coefficient (Wildman–Crippen LogP) is -0.676. The molecular weight excluding hydrogens is 320 g/mol. The lowest BCUT2D eigenvalue weighted by Crippen LogP contribution is -2.82.